The average molecular weight is 448 g/mol. The molecule has 170 valence electrons. The third-order valence-electron chi connectivity index (χ3n) is 4.98. The quantitative estimate of drug-likeness (QED) is 0.397. The molecule has 4 aromatic rings. The van der Waals surface area contributed by atoms with Gasteiger partial charge in [-0.05, 0) is 61.5 Å². The number of hydrogen-bond donors (Lipinski definition) is 1. The Kier molecular flexibility index (Phi) is 6.35. The second kappa shape index (κ2) is 9.52. The van der Waals surface area contributed by atoms with Gasteiger partial charge in [-0.1, -0.05) is 0 Å². The zero-order valence-corrected chi connectivity index (χ0v) is 18.8. The Balaban J connectivity index is 1.59. The first-order valence-electron chi connectivity index (χ1n) is 10.3. The van der Waals surface area contributed by atoms with Gasteiger partial charge in [-0.2, -0.15) is 0 Å². The zero-order valence-electron chi connectivity index (χ0n) is 18.8. The predicted octanol–water partition coefficient (Wildman–Crippen LogP) is 5.17. The fourth-order valence-electron chi connectivity index (χ4n) is 3.41. The van der Waals surface area contributed by atoms with Crippen LogP contribution in [0.5, 0.6) is 23.0 Å². The van der Waals surface area contributed by atoms with Crippen molar-refractivity contribution >= 4 is 22.7 Å². The number of methoxy groups -OCH3 is 3. The summed E-state index contributed by atoms with van der Waals surface area (Å²) in [7, 11) is 4.64. The van der Waals surface area contributed by atoms with Crippen molar-refractivity contribution in [2.24, 2.45) is 0 Å². The number of oxazole rings is 1. The summed E-state index contributed by atoms with van der Waals surface area (Å²) in [6.07, 6.45) is 0. The van der Waals surface area contributed by atoms with Crippen LogP contribution in [-0.2, 0) is 0 Å². The van der Waals surface area contributed by atoms with E-state index in [-0.39, 0.29) is 5.91 Å². The summed E-state index contributed by atoms with van der Waals surface area (Å²) in [4.78, 5) is 17.2. The van der Waals surface area contributed by atoms with E-state index >= 15 is 0 Å². The van der Waals surface area contributed by atoms with E-state index in [0.29, 0.717) is 57.7 Å². The van der Waals surface area contributed by atoms with Crippen molar-refractivity contribution < 1.29 is 28.2 Å². The first-order valence-corrected chi connectivity index (χ1v) is 10.3. The molecule has 0 aliphatic carbocycles. The van der Waals surface area contributed by atoms with E-state index in [4.69, 9.17) is 23.4 Å². The summed E-state index contributed by atoms with van der Waals surface area (Å²) in [6, 6.07) is 15.8. The number of hydrogen-bond acceptors (Lipinski definition) is 7. The van der Waals surface area contributed by atoms with Crippen LogP contribution in [0, 0.1) is 0 Å². The number of ether oxygens (including phenoxy) is 4. The van der Waals surface area contributed by atoms with E-state index in [9.17, 15) is 4.79 Å². The fourth-order valence-corrected chi connectivity index (χ4v) is 3.41. The number of anilines is 1. The molecule has 3 aromatic carbocycles. The third-order valence-corrected chi connectivity index (χ3v) is 4.98. The molecular formula is C25H24N2O6. The Morgan fingerprint density at radius 3 is 2.24 bits per heavy atom. The molecule has 1 N–H and O–H groups in total. The Bertz CT molecular complexity index is 1260. The van der Waals surface area contributed by atoms with Crippen LogP contribution >= 0.6 is 0 Å². The highest BCUT2D eigenvalue weighted by atomic mass is 16.5. The summed E-state index contributed by atoms with van der Waals surface area (Å²) in [5, 5.41) is 2.88. The normalized spacial score (nSPS) is 10.7. The van der Waals surface area contributed by atoms with Crippen molar-refractivity contribution in [1.29, 1.82) is 0 Å². The van der Waals surface area contributed by atoms with Gasteiger partial charge in [0.25, 0.3) is 5.91 Å². The first kappa shape index (κ1) is 22.0. The number of carbonyl (C=O) groups excluding carboxylic acids is 1. The largest absolute Gasteiger partial charge is 0.494 e. The number of fused-ring (bicyclic) bond motifs is 1. The lowest BCUT2D eigenvalue weighted by Crippen LogP contribution is -2.11. The topological polar surface area (TPSA) is 92.1 Å². The second-order valence-electron chi connectivity index (χ2n) is 7.03. The van der Waals surface area contributed by atoms with Crippen LogP contribution in [0.25, 0.3) is 22.6 Å². The lowest BCUT2D eigenvalue weighted by Gasteiger charge is -2.12. The Hall–Kier alpha value is -4.20. The van der Waals surface area contributed by atoms with Crippen molar-refractivity contribution in [3.8, 4) is 34.5 Å². The van der Waals surface area contributed by atoms with Gasteiger partial charge in [0.2, 0.25) is 11.6 Å². The molecule has 0 bridgehead atoms. The van der Waals surface area contributed by atoms with Gasteiger partial charge >= 0.3 is 0 Å². The molecule has 0 radical (unpaired) electrons. The Labute approximate surface area is 191 Å². The highest BCUT2D eigenvalue weighted by Gasteiger charge is 2.18. The molecular weight excluding hydrogens is 424 g/mol. The maximum absolute atomic E-state index is 12.6. The lowest BCUT2D eigenvalue weighted by molar-refractivity contribution is 0.102. The summed E-state index contributed by atoms with van der Waals surface area (Å²) in [5.74, 6) is 2.36. The summed E-state index contributed by atoms with van der Waals surface area (Å²) in [6.45, 7) is 2.48. The minimum Gasteiger partial charge on any atom is -0.494 e. The Morgan fingerprint density at radius 2 is 1.64 bits per heavy atom. The van der Waals surface area contributed by atoms with Crippen LogP contribution in [0.4, 0.5) is 5.69 Å². The van der Waals surface area contributed by atoms with Crippen LogP contribution in [-0.4, -0.2) is 38.8 Å². The molecule has 4 rings (SSSR count). The van der Waals surface area contributed by atoms with Crippen molar-refractivity contribution in [2.45, 2.75) is 6.92 Å². The zero-order chi connectivity index (χ0) is 23.4. The average Bonchev–Trinajstić information content (AvgIpc) is 3.27. The van der Waals surface area contributed by atoms with Gasteiger partial charge in [0.05, 0.1) is 27.9 Å². The highest BCUT2D eigenvalue weighted by molar-refractivity contribution is 6.05. The molecule has 0 saturated carbocycles. The van der Waals surface area contributed by atoms with Gasteiger partial charge in [0, 0.05) is 16.8 Å². The van der Waals surface area contributed by atoms with Gasteiger partial charge in [0.1, 0.15) is 11.3 Å². The molecule has 8 heteroatoms. The highest BCUT2D eigenvalue weighted by Crippen LogP contribution is 2.41. The molecule has 1 heterocycles. The van der Waals surface area contributed by atoms with Gasteiger partial charge in [-0.3, -0.25) is 4.79 Å². The van der Waals surface area contributed by atoms with E-state index in [1.165, 1.54) is 0 Å². The van der Waals surface area contributed by atoms with E-state index in [1.54, 1.807) is 75.9 Å². The molecule has 0 spiro atoms. The van der Waals surface area contributed by atoms with Crippen LogP contribution in [0.15, 0.2) is 59.0 Å². The summed E-state index contributed by atoms with van der Waals surface area (Å²) < 4.78 is 27.5. The van der Waals surface area contributed by atoms with Gasteiger partial charge < -0.3 is 28.7 Å². The van der Waals surface area contributed by atoms with E-state index in [2.05, 4.69) is 10.3 Å². The van der Waals surface area contributed by atoms with E-state index in [0.717, 1.165) is 5.75 Å². The van der Waals surface area contributed by atoms with Crippen molar-refractivity contribution in [3.05, 3.63) is 60.2 Å². The number of rotatable bonds is 8. The number of amides is 1. The maximum Gasteiger partial charge on any atom is 0.255 e. The number of carbonyl (C=O) groups is 1. The van der Waals surface area contributed by atoms with Crippen LogP contribution < -0.4 is 24.3 Å². The molecule has 8 nitrogen and oxygen atoms in total. The number of aromatic nitrogens is 1. The van der Waals surface area contributed by atoms with E-state index in [1.807, 2.05) is 6.92 Å². The number of nitrogens with one attached hydrogen (secondary N) is 1. The first-order chi connectivity index (χ1) is 16.1. The molecule has 0 fully saturated rings. The maximum atomic E-state index is 12.6. The van der Waals surface area contributed by atoms with Gasteiger partial charge in [-0.25, -0.2) is 4.98 Å². The molecule has 0 atom stereocenters. The molecule has 0 unspecified atom stereocenters. The molecule has 33 heavy (non-hydrogen) atoms. The molecule has 0 aliphatic heterocycles. The number of nitrogens with zero attached hydrogens (tertiary/aromatic N) is 1. The molecule has 0 aliphatic rings. The third kappa shape index (κ3) is 4.55. The smallest absolute Gasteiger partial charge is 0.255 e. The van der Waals surface area contributed by atoms with Crippen molar-refractivity contribution in [3.63, 3.8) is 0 Å². The number of benzene rings is 3. The lowest BCUT2D eigenvalue weighted by atomic mass is 10.2. The summed E-state index contributed by atoms with van der Waals surface area (Å²) >= 11 is 0. The Morgan fingerprint density at radius 1 is 0.939 bits per heavy atom. The van der Waals surface area contributed by atoms with Gasteiger partial charge in [-0.15, -0.1) is 0 Å². The minimum atomic E-state index is -0.231. The monoisotopic (exact) mass is 448 g/mol. The summed E-state index contributed by atoms with van der Waals surface area (Å²) in [5.41, 5.74) is 2.98. The van der Waals surface area contributed by atoms with Crippen LogP contribution in [0.3, 0.4) is 0 Å². The fraction of sp³-hybridized carbons (Fsp3) is 0.200. The predicted molar refractivity (Wildman–Crippen MR) is 125 cm³/mol. The van der Waals surface area contributed by atoms with Crippen molar-refractivity contribution in [1.82, 2.24) is 4.98 Å². The SMILES string of the molecule is CCOc1ccc(C(=O)Nc2ccc3oc(-c4cc(OC)c(OC)c(OC)c4)nc3c2)cc1. The molecule has 0 saturated heterocycles. The standard InChI is InChI=1S/C25H24N2O6/c1-5-32-18-9-6-15(7-10-18)24(28)26-17-8-11-20-19(14-17)27-25(33-20)16-12-21(29-2)23(31-4)22(13-16)30-3/h6-14H,5H2,1-4H3,(H,26,28). The van der Waals surface area contributed by atoms with Crippen molar-refractivity contribution in [2.75, 3.05) is 33.3 Å². The van der Waals surface area contributed by atoms with E-state index < -0.39 is 0 Å². The second-order valence-corrected chi connectivity index (χ2v) is 7.03. The minimum absolute atomic E-state index is 0.231. The van der Waals surface area contributed by atoms with Crippen LogP contribution in [0.1, 0.15) is 17.3 Å². The van der Waals surface area contributed by atoms with Gasteiger partial charge in [0.15, 0.2) is 17.1 Å². The molecule has 1 aromatic heterocycles. The molecule has 1 amide bonds. The van der Waals surface area contributed by atoms with Crippen LogP contribution in [0.2, 0.25) is 0 Å².